The quantitative estimate of drug-likeness (QED) is 0.809. The second kappa shape index (κ2) is 5.12. The topological polar surface area (TPSA) is 73.1 Å². The standard InChI is InChI=1S/C11H18N4O/c1-16-9-4-2-8(3-5-9)14-10-6-7-13-11(12)15-10/h6-9H,2-5H2,1H3,(H3,12,13,14,15). The van der Waals surface area contributed by atoms with Crippen molar-refractivity contribution in [3.63, 3.8) is 0 Å². The minimum Gasteiger partial charge on any atom is -0.381 e. The van der Waals surface area contributed by atoms with Gasteiger partial charge in [0.2, 0.25) is 5.95 Å². The molecular weight excluding hydrogens is 204 g/mol. The Morgan fingerprint density at radius 3 is 2.75 bits per heavy atom. The average Bonchev–Trinajstić information content (AvgIpc) is 2.30. The number of nitrogen functional groups attached to an aromatic ring is 1. The Morgan fingerprint density at radius 1 is 1.38 bits per heavy atom. The summed E-state index contributed by atoms with van der Waals surface area (Å²) in [5.74, 6) is 1.13. The number of ether oxygens (including phenoxy) is 1. The number of hydrogen-bond donors (Lipinski definition) is 2. The van der Waals surface area contributed by atoms with Gasteiger partial charge in [-0.1, -0.05) is 0 Å². The van der Waals surface area contributed by atoms with Crippen LogP contribution in [0.15, 0.2) is 12.3 Å². The van der Waals surface area contributed by atoms with Crippen molar-refractivity contribution in [1.82, 2.24) is 9.97 Å². The largest absolute Gasteiger partial charge is 0.381 e. The molecule has 5 nitrogen and oxygen atoms in total. The predicted molar refractivity (Wildman–Crippen MR) is 63.1 cm³/mol. The van der Waals surface area contributed by atoms with Gasteiger partial charge in [-0.15, -0.1) is 0 Å². The van der Waals surface area contributed by atoms with Crippen molar-refractivity contribution in [3.05, 3.63) is 12.3 Å². The van der Waals surface area contributed by atoms with Crippen LogP contribution in [-0.4, -0.2) is 29.2 Å². The highest BCUT2D eigenvalue weighted by atomic mass is 16.5. The first-order valence-corrected chi connectivity index (χ1v) is 5.66. The number of nitrogens with two attached hydrogens (primary N) is 1. The molecule has 0 amide bonds. The zero-order valence-corrected chi connectivity index (χ0v) is 9.52. The Bertz CT molecular complexity index is 337. The third-order valence-electron chi connectivity index (χ3n) is 3.03. The van der Waals surface area contributed by atoms with Gasteiger partial charge in [-0.05, 0) is 31.7 Å². The van der Waals surface area contributed by atoms with E-state index in [9.17, 15) is 0 Å². The first kappa shape index (κ1) is 11.1. The zero-order valence-electron chi connectivity index (χ0n) is 9.52. The summed E-state index contributed by atoms with van der Waals surface area (Å²) < 4.78 is 5.34. The van der Waals surface area contributed by atoms with Crippen LogP contribution in [-0.2, 0) is 4.74 Å². The lowest BCUT2D eigenvalue weighted by Crippen LogP contribution is -2.29. The van der Waals surface area contributed by atoms with Gasteiger partial charge in [-0.25, -0.2) is 4.98 Å². The van der Waals surface area contributed by atoms with E-state index in [2.05, 4.69) is 15.3 Å². The maximum atomic E-state index is 5.53. The van der Waals surface area contributed by atoms with Crippen molar-refractivity contribution in [3.8, 4) is 0 Å². The molecule has 5 heteroatoms. The van der Waals surface area contributed by atoms with E-state index in [1.54, 1.807) is 13.3 Å². The molecule has 1 aliphatic rings. The lowest BCUT2D eigenvalue weighted by atomic mass is 9.93. The first-order valence-electron chi connectivity index (χ1n) is 5.66. The summed E-state index contributed by atoms with van der Waals surface area (Å²) >= 11 is 0. The SMILES string of the molecule is COC1CCC(Nc2ccnc(N)n2)CC1. The van der Waals surface area contributed by atoms with E-state index in [0.29, 0.717) is 18.1 Å². The zero-order chi connectivity index (χ0) is 11.4. The van der Waals surface area contributed by atoms with Crippen molar-refractivity contribution in [2.45, 2.75) is 37.8 Å². The van der Waals surface area contributed by atoms with E-state index in [-0.39, 0.29) is 0 Å². The lowest BCUT2D eigenvalue weighted by Gasteiger charge is -2.28. The Labute approximate surface area is 95.4 Å². The monoisotopic (exact) mass is 222 g/mol. The molecule has 0 unspecified atom stereocenters. The molecule has 16 heavy (non-hydrogen) atoms. The van der Waals surface area contributed by atoms with E-state index < -0.39 is 0 Å². The minimum absolute atomic E-state index is 0.315. The smallest absolute Gasteiger partial charge is 0.221 e. The van der Waals surface area contributed by atoms with E-state index in [1.165, 1.54) is 0 Å². The van der Waals surface area contributed by atoms with E-state index >= 15 is 0 Å². The fraction of sp³-hybridized carbons (Fsp3) is 0.636. The number of methoxy groups -OCH3 is 1. The van der Waals surface area contributed by atoms with Crippen molar-refractivity contribution < 1.29 is 4.74 Å². The highest BCUT2D eigenvalue weighted by molar-refractivity contribution is 5.38. The molecule has 1 heterocycles. The molecule has 3 N–H and O–H groups in total. The Balaban J connectivity index is 1.87. The maximum absolute atomic E-state index is 5.53. The lowest BCUT2D eigenvalue weighted by molar-refractivity contribution is 0.0681. The summed E-state index contributed by atoms with van der Waals surface area (Å²) in [6.45, 7) is 0. The molecule has 1 aromatic rings. The fourth-order valence-corrected chi connectivity index (χ4v) is 2.11. The van der Waals surface area contributed by atoms with Gasteiger partial charge in [0.15, 0.2) is 0 Å². The van der Waals surface area contributed by atoms with Gasteiger partial charge in [0.05, 0.1) is 6.10 Å². The van der Waals surface area contributed by atoms with Crippen LogP contribution in [0.3, 0.4) is 0 Å². The van der Waals surface area contributed by atoms with Crippen LogP contribution < -0.4 is 11.1 Å². The van der Waals surface area contributed by atoms with Crippen LogP contribution in [0.25, 0.3) is 0 Å². The average molecular weight is 222 g/mol. The Morgan fingerprint density at radius 2 is 2.12 bits per heavy atom. The highest BCUT2D eigenvalue weighted by Crippen LogP contribution is 2.23. The van der Waals surface area contributed by atoms with Crippen LogP contribution in [0.5, 0.6) is 0 Å². The van der Waals surface area contributed by atoms with Crippen LogP contribution in [0.1, 0.15) is 25.7 Å². The molecule has 1 fully saturated rings. The highest BCUT2D eigenvalue weighted by Gasteiger charge is 2.20. The van der Waals surface area contributed by atoms with Crippen molar-refractivity contribution in [1.29, 1.82) is 0 Å². The molecule has 88 valence electrons. The molecule has 1 aromatic heterocycles. The fourth-order valence-electron chi connectivity index (χ4n) is 2.11. The summed E-state index contributed by atoms with van der Waals surface area (Å²) in [7, 11) is 1.78. The van der Waals surface area contributed by atoms with Crippen LogP contribution >= 0.6 is 0 Å². The van der Waals surface area contributed by atoms with Gasteiger partial charge in [0.1, 0.15) is 5.82 Å². The second-order valence-electron chi connectivity index (χ2n) is 4.15. The third kappa shape index (κ3) is 2.82. The molecule has 0 bridgehead atoms. The van der Waals surface area contributed by atoms with E-state index in [1.807, 2.05) is 6.07 Å². The van der Waals surface area contributed by atoms with Crippen molar-refractivity contribution >= 4 is 11.8 Å². The molecule has 1 saturated carbocycles. The van der Waals surface area contributed by atoms with Gasteiger partial charge >= 0.3 is 0 Å². The molecule has 0 atom stereocenters. The molecule has 0 spiro atoms. The summed E-state index contributed by atoms with van der Waals surface area (Å²) in [6, 6.07) is 2.32. The van der Waals surface area contributed by atoms with Gasteiger partial charge in [-0.3, -0.25) is 0 Å². The van der Waals surface area contributed by atoms with Gasteiger partial charge in [-0.2, -0.15) is 4.98 Å². The number of anilines is 2. The molecule has 0 aromatic carbocycles. The molecule has 0 radical (unpaired) electrons. The van der Waals surface area contributed by atoms with E-state index in [4.69, 9.17) is 10.5 Å². The van der Waals surface area contributed by atoms with Gasteiger partial charge < -0.3 is 15.8 Å². The maximum Gasteiger partial charge on any atom is 0.221 e. The second-order valence-corrected chi connectivity index (χ2v) is 4.15. The Hall–Kier alpha value is -1.36. The van der Waals surface area contributed by atoms with E-state index in [0.717, 1.165) is 31.5 Å². The first-order chi connectivity index (χ1) is 7.78. The number of hydrogen-bond acceptors (Lipinski definition) is 5. The molecule has 1 aliphatic carbocycles. The third-order valence-corrected chi connectivity index (χ3v) is 3.03. The van der Waals surface area contributed by atoms with Crippen LogP contribution in [0.2, 0.25) is 0 Å². The molecule has 0 saturated heterocycles. The van der Waals surface area contributed by atoms with Crippen LogP contribution in [0, 0.1) is 0 Å². The number of aromatic nitrogens is 2. The van der Waals surface area contributed by atoms with Gasteiger partial charge in [0, 0.05) is 19.3 Å². The van der Waals surface area contributed by atoms with Crippen molar-refractivity contribution in [2.24, 2.45) is 0 Å². The number of nitrogens with one attached hydrogen (secondary N) is 1. The number of nitrogens with zero attached hydrogens (tertiary/aromatic N) is 2. The van der Waals surface area contributed by atoms with Crippen molar-refractivity contribution in [2.75, 3.05) is 18.2 Å². The molecule has 2 rings (SSSR count). The van der Waals surface area contributed by atoms with Gasteiger partial charge in [0.25, 0.3) is 0 Å². The minimum atomic E-state index is 0.315. The van der Waals surface area contributed by atoms with Crippen LogP contribution in [0.4, 0.5) is 11.8 Å². The molecular formula is C11H18N4O. The summed E-state index contributed by atoms with van der Waals surface area (Å²) in [6.07, 6.45) is 6.54. The summed E-state index contributed by atoms with van der Waals surface area (Å²) in [5.41, 5.74) is 5.53. The Kier molecular flexibility index (Phi) is 3.56. The number of rotatable bonds is 3. The predicted octanol–water partition coefficient (Wildman–Crippen LogP) is 1.43. The normalized spacial score (nSPS) is 25.3. The summed E-state index contributed by atoms with van der Waals surface area (Å²) in [5, 5.41) is 3.38. The molecule has 0 aliphatic heterocycles. The summed E-state index contributed by atoms with van der Waals surface area (Å²) in [4.78, 5) is 8.00.